The summed E-state index contributed by atoms with van der Waals surface area (Å²) in [7, 11) is 7.57. The van der Waals surface area contributed by atoms with E-state index in [0.717, 1.165) is 25.9 Å². The maximum absolute atomic E-state index is 11.5. The Hall–Kier alpha value is -0.570. The summed E-state index contributed by atoms with van der Waals surface area (Å²) in [6.07, 6.45) is 2.17. The fourth-order valence-corrected chi connectivity index (χ4v) is 1.73. The van der Waals surface area contributed by atoms with Crippen molar-refractivity contribution in [3.8, 4) is 0 Å². The van der Waals surface area contributed by atoms with Crippen molar-refractivity contribution in [2.24, 2.45) is 5.92 Å². The van der Waals surface area contributed by atoms with Gasteiger partial charge in [0.1, 0.15) is 0 Å². The van der Waals surface area contributed by atoms with Gasteiger partial charge in [-0.05, 0) is 12.8 Å². The Kier molecular flexibility index (Phi) is 3.09. The molecule has 1 N–H and O–H groups in total. The van der Waals surface area contributed by atoms with Crippen LogP contribution in [0.25, 0.3) is 0 Å². The Bertz CT molecular complexity index is 168. The van der Waals surface area contributed by atoms with Crippen LogP contribution in [-0.2, 0) is 4.79 Å². The number of hydrogen-bond donors (Lipinski definition) is 1. The molecular formula is C9H18N2O. The fraction of sp³-hybridized carbons (Fsp3) is 0.778. The maximum atomic E-state index is 11.5. The average molecular weight is 170 g/mol. The number of quaternary nitrogens is 1. The van der Waals surface area contributed by atoms with E-state index in [9.17, 15) is 4.79 Å². The molecule has 1 saturated heterocycles. The first-order valence-corrected chi connectivity index (χ1v) is 4.49. The molecule has 0 spiro atoms. The molecule has 1 amide bonds. The lowest BCUT2D eigenvalue weighted by Crippen LogP contribution is -3.08. The molecule has 3 nitrogen and oxygen atoms in total. The van der Waals surface area contributed by atoms with E-state index in [1.807, 2.05) is 14.1 Å². The summed E-state index contributed by atoms with van der Waals surface area (Å²) in [5, 5.41) is 0. The van der Waals surface area contributed by atoms with Gasteiger partial charge in [0.25, 0.3) is 0 Å². The zero-order valence-corrected chi connectivity index (χ0v) is 7.97. The van der Waals surface area contributed by atoms with E-state index >= 15 is 0 Å². The molecule has 1 heterocycles. The van der Waals surface area contributed by atoms with E-state index in [1.54, 1.807) is 4.90 Å². The third kappa shape index (κ3) is 2.21. The Morgan fingerprint density at radius 2 is 2.25 bits per heavy atom. The minimum Gasteiger partial charge on any atom is -0.467 e. The summed E-state index contributed by atoms with van der Waals surface area (Å²) < 4.78 is 0. The second-order valence-electron chi connectivity index (χ2n) is 3.78. The van der Waals surface area contributed by atoms with E-state index in [1.165, 1.54) is 4.90 Å². The number of rotatable bonds is 1. The van der Waals surface area contributed by atoms with Crippen LogP contribution < -0.4 is 4.90 Å². The third-order valence-electron chi connectivity index (χ3n) is 2.41. The first-order valence-electron chi connectivity index (χ1n) is 4.49. The number of carbonyl (C=O) groups excluding carboxylic acids is 1. The molecule has 1 aliphatic rings. The van der Waals surface area contributed by atoms with Crippen LogP contribution in [0.3, 0.4) is 0 Å². The third-order valence-corrected chi connectivity index (χ3v) is 2.41. The van der Waals surface area contributed by atoms with E-state index in [0.29, 0.717) is 0 Å². The van der Waals surface area contributed by atoms with Gasteiger partial charge in [-0.2, -0.15) is 7.05 Å². The first kappa shape index (κ1) is 9.52. The molecule has 0 radical (unpaired) electrons. The predicted octanol–water partition coefficient (Wildman–Crippen LogP) is -0.839. The standard InChI is InChI=1S/C9H18N2O/c1-10(2)9(12)8-5-4-6-11(3)7-8/h8,11H,3-7H2,1-2H3/t8-/m1/s1. The van der Waals surface area contributed by atoms with Crippen molar-refractivity contribution in [3.05, 3.63) is 7.05 Å². The van der Waals surface area contributed by atoms with Gasteiger partial charge in [0, 0.05) is 14.1 Å². The molecule has 0 aliphatic carbocycles. The molecule has 1 aliphatic heterocycles. The van der Waals surface area contributed by atoms with Gasteiger partial charge in [0.2, 0.25) is 5.91 Å². The largest absolute Gasteiger partial charge is 0.467 e. The van der Waals surface area contributed by atoms with Crippen molar-refractivity contribution < 1.29 is 9.69 Å². The minimum atomic E-state index is 0.209. The van der Waals surface area contributed by atoms with Gasteiger partial charge in [-0.25, -0.2) is 0 Å². The van der Waals surface area contributed by atoms with Crippen molar-refractivity contribution >= 4 is 5.91 Å². The van der Waals surface area contributed by atoms with Crippen LogP contribution in [0.4, 0.5) is 0 Å². The Balaban J connectivity index is 2.46. The average Bonchev–Trinajstić information content (AvgIpc) is 2.03. The second kappa shape index (κ2) is 3.90. The summed E-state index contributed by atoms with van der Waals surface area (Å²) in [6, 6.07) is 0. The highest BCUT2D eigenvalue weighted by Crippen LogP contribution is 2.09. The van der Waals surface area contributed by atoms with Gasteiger partial charge < -0.3 is 9.80 Å². The number of carbonyl (C=O) groups is 1. The zero-order valence-electron chi connectivity index (χ0n) is 7.97. The number of amides is 1. The summed E-state index contributed by atoms with van der Waals surface area (Å²) in [4.78, 5) is 14.4. The first-order chi connectivity index (χ1) is 5.61. The van der Waals surface area contributed by atoms with Crippen LogP contribution in [0.5, 0.6) is 0 Å². The lowest BCUT2D eigenvalue weighted by Gasteiger charge is -2.32. The molecule has 2 atom stereocenters. The van der Waals surface area contributed by atoms with Crippen LogP contribution in [0.1, 0.15) is 12.8 Å². The predicted molar refractivity (Wildman–Crippen MR) is 47.5 cm³/mol. The fourth-order valence-electron chi connectivity index (χ4n) is 1.73. The molecule has 0 bridgehead atoms. The Labute approximate surface area is 74.3 Å². The monoisotopic (exact) mass is 170 g/mol. The molecule has 70 valence electrons. The van der Waals surface area contributed by atoms with Crippen molar-refractivity contribution in [1.29, 1.82) is 0 Å². The van der Waals surface area contributed by atoms with E-state index < -0.39 is 0 Å². The van der Waals surface area contributed by atoms with Crippen LogP contribution in [0.2, 0.25) is 0 Å². The van der Waals surface area contributed by atoms with Crippen molar-refractivity contribution in [3.63, 3.8) is 0 Å². The summed E-state index contributed by atoms with van der Waals surface area (Å²) >= 11 is 0. The summed E-state index contributed by atoms with van der Waals surface area (Å²) in [5.41, 5.74) is 0. The van der Waals surface area contributed by atoms with E-state index in [-0.39, 0.29) is 11.8 Å². The summed E-state index contributed by atoms with van der Waals surface area (Å²) in [6.45, 7) is 2.01. The molecule has 1 fully saturated rings. The quantitative estimate of drug-likeness (QED) is 0.510. The number of nitrogens with one attached hydrogen (secondary N) is 1. The van der Waals surface area contributed by atoms with Crippen LogP contribution in [-0.4, -0.2) is 38.0 Å². The lowest BCUT2D eigenvalue weighted by atomic mass is 9.97. The van der Waals surface area contributed by atoms with Crippen molar-refractivity contribution in [2.45, 2.75) is 12.8 Å². The molecule has 1 unspecified atom stereocenters. The summed E-state index contributed by atoms with van der Waals surface area (Å²) in [5.74, 6) is 0.470. The van der Waals surface area contributed by atoms with Crippen LogP contribution in [0.15, 0.2) is 0 Å². The normalized spacial score (nSPS) is 29.9. The smallest absolute Gasteiger partial charge is 0.230 e. The number of piperidine rings is 1. The molecule has 0 aromatic heterocycles. The number of nitrogens with zero attached hydrogens (tertiary/aromatic N) is 1. The molecule has 0 saturated carbocycles. The SMILES string of the molecule is [CH2-][NH+]1CCC[C@@H](C(=O)N(C)C)C1. The van der Waals surface area contributed by atoms with Gasteiger partial charge >= 0.3 is 0 Å². The molecular weight excluding hydrogens is 152 g/mol. The van der Waals surface area contributed by atoms with E-state index in [2.05, 4.69) is 7.05 Å². The molecule has 1 rings (SSSR count). The number of hydrogen-bond acceptors (Lipinski definition) is 1. The van der Waals surface area contributed by atoms with Crippen LogP contribution >= 0.6 is 0 Å². The number of likely N-dealkylation sites (tertiary alicyclic amines) is 1. The molecule has 12 heavy (non-hydrogen) atoms. The van der Waals surface area contributed by atoms with Crippen molar-refractivity contribution in [2.75, 3.05) is 27.2 Å². The van der Waals surface area contributed by atoms with Gasteiger partial charge in [-0.15, -0.1) is 0 Å². The highest BCUT2D eigenvalue weighted by Gasteiger charge is 2.25. The topological polar surface area (TPSA) is 24.8 Å². The van der Waals surface area contributed by atoms with Crippen LogP contribution in [0, 0.1) is 13.0 Å². The maximum Gasteiger partial charge on any atom is 0.230 e. The highest BCUT2D eigenvalue weighted by molar-refractivity contribution is 5.78. The van der Waals surface area contributed by atoms with Gasteiger partial charge in [0.15, 0.2) is 0 Å². The van der Waals surface area contributed by atoms with Gasteiger partial charge in [-0.3, -0.25) is 4.79 Å². The molecule has 3 heteroatoms. The molecule has 0 aromatic carbocycles. The minimum absolute atomic E-state index is 0.209. The van der Waals surface area contributed by atoms with E-state index in [4.69, 9.17) is 0 Å². The van der Waals surface area contributed by atoms with Gasteiger partial charge in [0.05, 0.1) is 19.0 Å². The zero-order chi connectivity index (χ0) is 9.14. The molecule has 0 aromatic rings. The highest BCUT2D eigenvalue weighted by atomic mass is 16.2. The van der Waals surface area contributed by atoms with Crippen molar-refractivity contribution in [1.82, 2.24) is 4.90 Å². The van der Waals surface area contributed by atoms with Gasteiger partial charge in [-0.1, -0.05) is 0 Å². The Morgan fingerprint density at radius 3 is 2.75 bits per heavy atom. The second-order valence-corrected chi connectivity index (χ2v) is 3.78. The lowest BCUT2D eigenvalue weighted by molar-refractivity contribution is -0.861. The Morgan fingerprint density at radius 1 is 1.58 bits per heavy atom.